The molecule has 27 heavy (non-hydrogen) atoms. The fourth-order valence-electron chi connectivity index (χ4n) is 3.52. The first-order valence-electron chi connectivity index (χ1n) is 9.58. The van der Waals surface area contributed by atoms with E-state index in [0.29, 0.717) is 31.2 Å². The van der Waals surface area contributed by atoms with Gasteiger partial charge in [0, 0.05) is 17.8 Å². The van der Waals surface area contributed by atoms with Crippen molar-refractivity contribution in [3.63, 3.8) is 0 Å². The van der Waals surface area contributed by atoms with E-state index in [0.717, 1.165) is 30.5 Å². The first-order chi connectivity index (χ1) is 12.9. The molecule has 0 bridgehead atoms. The summed E-state index contributed by atoms with van der Waals surface area (Å²) in [6.07, 6.45) is 3.53. The lowest BCUT2D eigenvalue weighted by Crippen LogP contribution is -2.30. The Balaban J connectivity index is 1.50. The number of carbonyl (C=O) groups excluding carboxylic acids is 1. The summed E-state index contributed by atoms with van der Waals surface area (Å²) in [5, 5.41) is 10.2. The largest absolute Gasteiger partial charge is 0.490 e. The van der Waals surface area contributed by atoms with Crippen molar-refractivity contribution in [1.82, 2.24) is 15.5 Å². The molecule has 0 aliphatic heterocycles. The minimum Gasteiger partial charge on any atom is -0.490 e. The van der Waals surface area contributed by atoms with Gasteiger partial charge in [0.25, 0.3) is 5.91 Å². The van der Waals surface area contributed by atoms with Gasteiger partial charge in [0.1, 0.15) is 0 Å². The van der Waals surface area contributed by atoms with Crippen LogP contribution in [0, 0.1) is 17.2 Å². The van der Waals surface area contributed by atoms with Gasteiger partial charge in [0.2, 0.25) is 0 Å². The van der Waals surface area contributed by atoms with Gasteiger partial charge in [-0.3, -0.25) is 9.89 Å². The summed E-state index contributed by atoms with van der Waals surface area (Å²) in [5.74, 6) is 0.243. The van der Waals surface area contributed by atoms with Crippen LogP contribution in [0.3, 0.4) is 0 Å². The SMILES string of the molecule is CC(C)(C)C1CCc2[nH]nc(C(=O)NCCCOc3ccccc3F)c2C1. The van der Waals surface area contributed by atoms with Gasteiger partial charge in [-0.05, 0) is 49.1 Å². The number of halogens is 1. The molecule has 6 heteroatoms. The zero-order valence-corrected chi connectivity index (χ0v) is 16.3. The van der Waals surface area contributed by atoms with Gasteiger partial charge in [-0.25, -0.2) is 4.39 Å². The normalized spacial score (nSPS) is 16.7. The molecule has 1 aliphatic rings. The molecule has 1 aliphatic carbocycles. The van der Waals surface area contributed by atoms with E-state index >= 15 is 0 Å². The average Bonchev–Trinajstić information content (AvgIpc) is 3.05. The Morgan fingerprint density at radius 3 is 2.89 bits per heavy atom. The Kier molecular flexibility index (Phi) is 5.82. The highest BCUT2D eigenvalue weighted by Gasteiger charge is 2.32. The smallest absolute Gasteiger partial charge is 0.272 e. The molecule has 0 fully saturated rings. The van der Waals surface area contributed by atoms with Gasteiger partial charge in [0.15, 0.2) is 17.3 Å². The first kappa shape index (κ1) is 19.4. The number of aryl methyl sites for hydroxylation is 1. The molecule has 0 radical (unpaired) electrons. The third-order valence-electron chi connectivity index (χ3n) is 5.29. The van der Waals surface area contributed by atoms with E-state index in [1.54, 1.807) is 18.2 Å². The maximum absolute atomic E-state index is 13.5. The fourth-order valence-corrected chi connectivity index (χ4v) is 3.52. The van der Waals surface area contributed by atoms with E-state index in [1.165, 1.54) is 6.07 Å². The highest BCUT2D eigenvalue weighted by molar-refractivity contribution is 5.94. The van der Waals surface area contributed by atoms with Gasteiger partial charge in [-0.15, -0.1) is 0 Å². The molecule has 1 aromatic heterocycles. The van der Waals surface area contributed by atoms with Crippen LogP contribution in [0.2, 0.25) is 0 Å². The summed E-state index contributed by atoms with van der Waals surface area (Å²) in [6.45, 7) is 7.54. The van der Waals surface area contributed by atoms with Gasteiger partial charge >= 0.3 is 0 Å². The molecule has 0 saturated carbocycles. The number of amides is 1. The summed E-state index contributed by atoms with van der Waals surface area (Å²) in [6, 6.07) is 6.31. The van der Waals surface area contributed by atoms with Crippen molar-refractivity contribution in [2.24, 2.45) is 11.3 Å². The van der Waals surface area contributed by atoms with Gasteiger partial charge in [0.05, 0.1) is 6.61 Å². The molecular weight excluding hydrogens is 345 g/mol. The number of nitrogens with zero attached hydrogens (tertiary/aromatic N) is 1. The summed E-state index contributed by atoms with van der Waals surface area (Å²) in [7, 11) is 0. The van der Waals surface area contributed by atoms with Crippen molar-refractivity contribution in [3.05, 3.63) is 47.0 Å². The average molecular weight is 373 g/mol. The van der Waals surface area contributed by atoms with E-state index < -0.39 is 0 Å². The Bertz CT molecular complexity index is 795. The number of nitrogens with one attached hydrogen (secondary N) is 2. The van der Waals surface area contributed by atoms with Gasteiger partial charge in [-0.2, -0.15) is 5.10 Å². The molecule has 146 valence electrons. The summed E-state index contributed by atoms with van der Waals surface area (Å²) in [4.78, 5) is 12.5. The molecule has 1 unspecified atom stereocenters. The van der Waals surface area contributed by atoms with E-state index in [-0.39, 0.29) is 22.9 Å². The number of fused-ring (bicyclic) bond motifs is 1. The Labute approximate surface area is 159 Å². The predicted octanol–water partition coefficient (Wildman–Crippen LogP) is 3.90. The highest BCUT2D eigenvalue weighted by Crippen LogP contribution is 2.37. The van der Waals surface area contributed by atoms with Crippen LogP contribution >= 0.6 is 0 Å². The van der Waals surface area contributed by atoms with Gasteiger partial charge in [-0.1, -0.05) is 32.9 Å². The van der Waals surface area contributed by atoms with Crippen LogP contribution in [-0.4, -0.2) is 29.3 Å². The minimum atomic E-state index is -0.377. The molecular formula is C21H28FN3O2. The van der Waals surface area contributed by atoms with E-state index in [1.807, 2.05) is 0 Å². The van der Waals surface area contributed by atoms with Crippen LogP contribution in [0.25, 0.3) is 0 Å². The second kappa shape index (κ2) is 8.11. The number of carbonyl (C=O) groups is 1. The lowest BCUT2D eigenvalue weighted by Gasteiger charge is -2.33. The van der Waals surface area contributed by atoms with E-state index in [9.17, 15) is 9.18 Å². The summed E-state index contributed by atoms with van der Waals surface area (Å²) in [5.41, 5.74) is 2.87. The Morgan fingerprint density at radius 1 is 1.37 bits per heavy atom. The molecule has 0 saturated heterocycles. The number of aromatic nitrogens is 2. The number of rotatable bonds is 6. The van der Waals surface area contributed by atoms with Crippen molar-refractivity contribution in [2.45, 2.75) is 46.5 Å². The van der Waals surface area contributed by atoms with Crippen LogP contribution in [0.15, 0.2) is 24.3 Å². The fraction of sp³-hybridized carbons (Fsp3) is 0.524. The van der Waals surface area contributed by atoms with Crippen molar-refractivity contribution in [1.29, 1.82) is 0 Å². The number of para-hydroxylation sites is 1. The molecule has 3 rings (SSSR count). The van der Waals surface area contributed by atoms with E-state index in [4.69, 9.17) is 4.74 Å². The third kappa shape index (κ3) is 4.67. The van der Waals surface area contributed by atoms with Crippen LogP contribution < -0.4 is 10.1 Å². The molecule has 1 aromatic carbocycles. The number of H-pyrrole nitrogens is 1. The maximum atomic E-state index is 13.5. The number of benzene rings is 1. The maximum Gasteiger partial charge on any atom is 0.272 e. The van der Waals surface area contributed by atoms with Crippen molar-refractivity contribution < 1.29 is 13.9 Å². The Hall–Kier alpha value is -2.37. The first-order valence-corrected chi connectivity index (χ1v) is 9.58. The van der Waals surface area contributed by atoms with Crippen LogP contribution in [-0.2, 0) is 12.8 Å². The molecule has 1 heterocycles. The molecule has 0 spiro atoms. The lowest BCUT2D eigenvalue weighted by atomic mass is 9.71. The second-order valence-electron chi connectivity index (χ2n) is 8.22. The third-order valence-corrected chi connectivity index (χ3v) is 5.29. The number of hydrogen-bond acceptors (Lipinski definition) is 3. The van der Waals surface area contributed by atoms with Crippen molar-refractivity contribution in [3.8, 4) is 5.75 Å². The number of aromatic amines is 1. The predicted molar refractivity (Wildman–Crippen MR) is 102 cm³/mol. The molecule has 1 atom stereocenters. The van der Waals surface area contributed by atoms with Crippen molar-refractivity contribution in [2.75, 3.05) is 13.2 Å². The molecule has 5 nitrogen and oxygen atoms in total. The highest BCUT2D eigenvalue weighted by atomic mass is 19.1. The van der Waals surface area contributed by atoms with Crippen LogP contribution in [0.4, 0.5) is 4.39 Å². The summed E-state index contributed by atoms with van der Waals surface area (Å²) < 4.78 is 18.9. The second-order valence-corrected chi connectivity index (χ2v) is 8.22. The van der Waals surface area contributed by atoms with Crippen molar-refractivity contribution >= 4 is 5.91 Å². The number of hydrogen-bond donors (Lipinski definition) is 2. The number of ether oxygens (including phenoxy) is 1. The minimum absolute atomic E-state index is 0.159. The zero-order chi connectivity index (χ0) is 19.4. The Morgan fingerprint density at radius 2 is 2.15 bits per heavy atom. The quantitative estimate of drug-likeness (QED) is 0.755. The zero-order valence-electron chi connectivity index (χ0n) is 16.3. The topological polar surface area (TPSA) is 67.0 Å². The molecule has 2 aromatic rings. The lowest BCUT2D eigenvalue weighted by molar-refractivity contribution is 0.0944. The summed E-state index contributed by atoms with van der Waals surface area (Å²) >= 11 is 0. The molecule has 1 amide bonds. The standard InChI is InChI=1S/C21H28FN3O2/c1-21(2,3)14-9-10-17-15(13-14)19(25-24-17)20(26)23-11-6-12-27-18-8-5-4-7-16(18)22/h4-5,7-8,14H,6,9-13H2,1-3H3,(H,23,26)(H,24,25). The molecule has 2 N–H and O–H groups in total. The van der Waals surface area contributed by atoms with Gasteiger partial charge < -0.3 is 10.1 Å². The monoisotopic (exact) mass is 373 g/mol. The van der Waals surface area contributed by atoms with Crippen LogP contribution in [0.1, 0.15) is 55.4 Å². The van der Waals surface area contributed by atoms with E-state index in [2.05, 4.69) is 36.3 Å². The van der Waals surface area contributed by atoms with Crippen LogP contribution in [0.5, 0.6) is 5.75 Å².